The Kier molecular flexibility index (Phi) is 5.21. The molecule has 26 heavy (non-hydrogen) atoms. The molecule has 3 nitrogen and oxygen atoms in total. The number of hydrogen-bond acceptors (Lipinski definition) is 2. The van der Waals surface area contributed by atoms with Crippen LogP contribution in [0.5, 0.6) is 0 Å². The first-order chi connectivity index (χ1) is 12.3. The van der Waals surface area contributed by atoms with E-state index in [1.54, 1.807) is 6.20 Å². The Morgan fingerprint density at radius 3 is 2.50 bits per heavy atom. The average Bonchev–Trinajstić information content (AvgIpc) is 2.61. The number of alkyl halides is 3. The SMILES string of the molecule is CCC(C(=O)O)C1CCC(c2ccnc3cc(C(F)(F)F)ccc23)CC1. The molecule has 2 aromatic rings. The molecule has 1 atom stereocenters. The maximum atomic E-state index is 12.9. The lowest BCUT2D eigenvalue weighted by molar-refractivity contribution is -0.144. The summed E-state index contributed by atoms with van der Waals surface area (Å²) in [6, 6.07) is 5.60. The molecule has 1 fully saturated rings. The van der Waals surface area contributed by atoms with Crippen molar-refractivity contribution >= 4 is 16.9 Å². The van der Waals surface area contributed by atoms with Crippen LogP contribution in [0, 0.1) is 11.8 Å². The third kappa shape index (κ3) is 3.69. The number of carbonyl (C=O) groups is 1. The summed E-state index contributed by atoms with van der Waals surface area (Å²) in [6.07, 6.45) is 1.19. The van der Waals surface area contributed by atoms with Crippen molar-refractivity contribution in [1.29, 1.82) is 0 Å². The summed E-state index contributed by atoms with van der Waals surface area (Å²) in [4.78, 5) is 15.5. The number of carboxylic acids is 1. The normalized spacial score (nSPS) is 22.3. The Morgan fingerprint density at radius 2 is 1.92 bits per heavy atom. The van der Waals surface area contributed by atoms with E-state index in [0.717, 1.165) is 48.8 Å². The number of fused-ring (bicyclic) bond motifs is 1. The highest BCUT2D eigenvalue weighted by atomic mass is 19.4. The molecule has 1 saturated carbocycles. The molecule has 0 bridgehead atoms. The molecule has 1 aliphatic rings. The summed E-state index contributed by atoms with van der Waals surface area (Å²) in [7, 11) is 0. The highest BCUT2D eigenvalue weighted by Gasteiger charge is 2.33. The van der Waals surface area contributed by atoms with Crippen LogP contribution >= 0.6 is 0 Å². The zero-order valence-electron chi connectivity index (χ0n) is 14.6. The third-order valence-corrected chi connectivity index (χ3v) is 5.64. The van der Waals surface area contributed by atoms with Crippen LogP contribution in [-0.2, 0) is 11.0 Å². The van der Waals surface area contributed by atoms with E-state index in [4.69, 9.17) is 0 Å². The van der Waals surface area contributed by atoms with E-state index < -0.39 is 17.7 Å². The van der Waals surface area contributed by atoms with Gasteiger partial charge in [-0.3, -0.25) is 9.78 Å². The summed E-state index contributed by atoms with van der Waals surface area (Å²) < 4.78 is 38.7. The van der Waals surface area contributed by atoms with E-state index in [-0.39, 0.29) is 17.8 Å². The molecular formula is C20H22F3NO2. The topological polar surface area (TPSA) is 50.2 Å². The first kappa shape index (κ1) is 18.7. The fourth-order valence-corrected chi connectivity index (χ4v) is 4.24. The maximum Gasteiger partial charge on any atom is 0.416 e. The Hall–Kier alpha value is -2.11. The van der Waals surface area contributed by atoms with Gasteiger partial charge in [0.05, 0.1) is 17.0 Å². The van der Waals surface area contributed by atoms with Gasteiger partial charge in [0, 0.05) is 11.6 Å². The van der Waals surface area contributed by atoms with E-state index in [2.05, 4.69) is 4.98 Å². The van der Waals surface area contributed by atoms with E-state index in [9.17, 15) is 23.1 Å². The van der Waals surface area contributed by atoms with Gasteiger partial charge >= 0.3 is 12.1 Å². The summed E-state index contributed by atoms with van der Waals surface area (Å²) >= 11 is 0. The Labute approximate surface area is 150 Å². The van der Waals surface area contributed by atoms with Crippen molar-refractivity contribution in [3.63, 3.8) is 0 Å². The van der Waals surface area contributed by atoms with Gasteiger partial charge in [0.15, 0.2) is 0 Å². The molecule has 0 aliphatic heterocycles. The molecular weight excluding hydrogens is 343 g/mol. The van der Waals surface area contributed by atoms with Crippen molar-refractivity contribution in [2.75, 3.05) is 0 Å². The number of carboxylic acid groups (broad SMARTS) is 1. The lowest BCUT2D eigenvalue weighted by Gasteiger charge is -2.32. The van der Waals surface area contributed by atoms with Crippen LogP contribution in [0.1, 0.15) is 56.1 Å². The fourth-order valence-electron chi connectivity index (χ4n) is 4.24. The average molecular weight is 365 g/mol. The zero-order chi connectivity index (χ0) is 18.9. The second-order valence-electron chi connectivity index (χ2n) is 7.09. The second-order valence-corrected chi connectivity index (χ2v) is 7.09. The first-order valence-corrected chi connectivity index (χ1v) is 9.00. The molecule has 1 aliphatic carbocycles. The van der Waals surface area contributed by atoms with Crippen molar-refractivity contribution in [3.05, 3.63) is 41.6 Å². The number of hydrogen-bond donors (Lipinski definition) is 1. The largest absolute Gasteiger partial charge is 0.481 e. The zero-order valence-corrected chi connectivity index (χ0v) is 14.6. The van der Waals surface area contributed by atoms with Crippen LogP contribution in [0.25, 0.3) is 10.9 Å². The molecule has 140 valence electrons. The van der Waals surface area contributed by atoms with Crippen LogP contribution < -0.4 is 0 Å². The first-order valence-electron chi connectivity index (χ1n) is 9.00. The van der Waals surface area contributed by atoms with Gasteiger partial charge in [0.25, 0.3) is 0 Å². The molecule has 6 heteroatoms. The van der Waals surface area contributed by atoms with Gasteiger partial charge in [0.1, 0.15) is 0 Å². The number of aliphatic carboxylic acids is 1. The van der Waals surface area contributed by atoms with E-state index in [1.165, 1.54) is 6.07 Å². The van der Waals surface area contributed by atoms with Gasteiger partial charge in [0.2, 0.25) is 0 Å². The highest BCUT2D eigenvalue weighted by molar-refractivity contribution is 5.83. The Balaban J connectivity index is 1.82. The van der Waals surface area contributed by atoms with Crippen LogP contribution in [0.2, 0.25) is 0 Å². The summed E-state index contributed by atoms with van der Waals surface area (Å²) in [5.74, 6) is -0.622. The van der Waals surface area contributed by atoms with Crippen LogP contribution in [0.3, 0.4) is 0 Å². The van der Waals surface area contributed by atoms with Gasteiger partial charge in [-0.25, -0.2) is 0 Å². The molecule has 0 amide bonds. The minimum absolute atomic E-state index is 0.179. The van der Waals surface area contributed by atoms with Gasteiger partial charge in [-0.1, -0.05) is 13.0 Å². The lowest BCUT2D eigenvalue weighted by Crippen LogP contribution is -2.26. The number of benzene rings is 1. The number of pyridine rings is 1. The van der Waals surface area contributed by atoms with Crippen LogP contribution in [0.4, 0.5) is 13.2 Å². The molecule has 1 heterocycles. The van der Waals surface area contributed by atoms with Crippen molar-refractivity contribution < 1.29 is 23.1 Å². The molecule has 1 unspecified atom stereocenters. The summed E-state index contributed by atoms with van der Waals surface area (Å²) in [5, 5.41) is 10.1. The standard InChI is InChI=1S/C20H22F3NO2/c1-2-15(19(25)26)12-3-5-13(6-4-12)16-9-10-24-18-11-14(20(21,22)23)7-8-17(16)18/h7-13,15H,2-6H2,1H3,(H,25,26). The van der Waals surface area contributed by atoms with E-state index in [0.29, 0.717) is 11.9 Å². The monoisotopic (exact) mass is 365 g/mol. The van der Waals surface area contributed by atoms with Crippen LogP contribution in [-0.4, -0.2) is 16.1 Å². The number of aromatic nitrogens is 1. The molecule has 1 N–H and O–H groups in total. The fraction of sp³-hybridized carbons (Fsp3) is 0.500. The van der Waals surface area contributed by atoms with E-state index >= 15 is 0 Å². The minimum Gasteiger partial charge on any atom is -0.481 e. The minimum atomic E-state index is -4.38. The molecule has 0 saturated heterocycles. The highest BCUT2D eigenvalue weighted by Crippen LogP contribution is 2.42. The molecule has 3 rings (SSSR count). The Bertz CT molecular complexity index is 795. The quantitative estimate of drug-likeness (QED) is 0.763. The number of nitrogens with zero attached hydrogens (tertiary/aromatic N) is 1. The number of halogens is 3. The van der Waals surface area contributed by atoms with E-state index in [1.807, 2.05) is 13.0 Å². The molecule has 0 radical (unpaired) electrons. The van der Waals surface area contributed by atoms with Gasteiger partial charge in [-0.15, -0.1) is 0 Å². The predicted octanol–water partition coefficient (Wildman–Crippen LogP) is 5.64. The van der Waals surface area contributed by atoms with Gasteiger partial charge in [-0.05, 0) is 67.7 Å². The van der Waals surface area contributed by atoms with Crippen molar-refractivity contribution in [2.45, 2.75) is 51.1 Å². The second kappa shape index (κ2) is 7.25. The Morgan fingerprint density at radius 1 is 1.23 bits per heavy atom. The lowest BCUT2D eigenvalue weighted by atomic mass is 9.72. The van der Waals surface area contributed by atoms with Crippen molar-refractivity contribution in [2.24, 2.45) is 11.8 Å². The van der Waals surface area contributed by atoms with Gasteiger partial charge in [-0.2, -0.15) is 13.2 Å². The van der Waals surface area contributed by atoms with Crippen LogP contribution in [0.15, 0.2) is 30.5 Å². The summed E-state index contributed by atoms with van der Waals surface area (Å²) in [6.45, 7) is 1.90. The summed E-state index contributed by atoms with van der Waals surface area (Å²) in [5.41, 5.74) is 0.688. The molecule has 0 spiro atoms. The number of rotatable bonds is 4. The maximum absolute atomic E-state index is 12.9. The smallest absolute Gasteiger partial charge is 0.416 e. The molecule has 1 aromatic carbocycles. The van der Waals surface area contributed by atoms with Gasteiger partial charge < -0.3 is 5.11 Å². The predicted molar refractivity (Wildman–Crippen MR) is 92.9 cm³/mol. The van der Waals surface area contributed by atoms with Crippen molar-refractivity contribution in [3.8, 4) is 0 Å². The third-order valence-electron chi connectivity index (χ3n) is 5.64. The van der Waals surface area contributed by atoms with Crippen molar-refractivity contribution in [1.82, 2.24) is 4.98 Å². The molecule has 1 aromatic heterocycles.